The van der Waals surface area contributed by atoms with E-state index < -0.39 is 11.9 Å². The van der Waals surface area contributed by atoms with Crippen molar-refractivity contribution in [1.82, 2.24) is 4.98 Å². The Labute approximate surface area is 171 Å². The largest absolute Gasteiger partial charge is 0.465 e. The highest BCUT2D eigenvalue weighted by Crippen LogP contribution is 2.28. The molecule has 0 aliphatic heterocycles. The first-order chi connectivity index (χ1) is 14.0. The molecular weight excluding hydrogens is 392 g/mol. The molecule has 0 atom stereocenters. The van der Waals surface area contributed by atoms with Gasteiger partial charge in [0.15, 0.2) is 5.13 Å². The Morgan fingerprint density at radius 3 is 2.17 bits per heavy atom. The third-order valence-electron chi connectivity index (χ3n) is 3.95. The van der Waals surface area contributed by atoms with Crippen LogP contribution in [0.3, 0.4) is 0 Å². The molecule has 1 heterocycles. The number of rotatable bonds is 6. The zero-order chi connectivity index (χ0) is 20.8. The minimum absolute atomic E-state index is 0.0331. The van der Waals surface area contributed by atoms with Gasteiger partial charge in [-0.3, -0.25) is 9.69 Å². The van der Waals surface area contributed by atoms with E-state index in [4.69, 9.17) is 4.74 Å². The van der Waals surface area contributed by atoms with Crippen LogP contribution in [0.4, 0.5) is 10.8 Å². The van der Waals surface area contributed by atoms with Crippen molar-refractivity contribution in [2.24, 2.45) is 0 Å². The lowest BCUT2D eigenvalue weighted by atomic mass is 10.1. The van der Waals surface area contributed by atoms with Gasteiger partial charge in [-0.1, -0.05) is 18.2 Å². The van der Waals surface area contributed by atoms with Crippen LogP contribution in [0.25, 0.3) is 0 Å². The summed E-state index contributed by atoms with van der Waals surface area (Å²) in [5.74, 6) is -1.18. The number of methoxy groups -OCH3 is 1. The fourth-order valence-electron chi connectivity index (χ4n) is 2.55. The third-order valence-corrected chi connectivity index (χ3v) is 4.83. The predicted octanol–water partition coefficient (Wildman–Crippen LogP) is 3.97. The highest BCUT2D eigenvalue weighted by atomic mass is 32.1. The van der Waals surface area contributed by atoms with Crippen molar-refractivity contribution in [3.63, 3.8) is 0 Å². The SMILES string of the molecule is COC(=O)c1ccc(C(=O)OCc2csc(N(C(C)=O)c3ccccc3)n2)cc1. The fourth-order valence-corrected chi connectivity index (χ4v) is 3.42. The highest BCUT2D eigenvalue weighted by molar-refractivity contribution is 7.14. The maximum atomic E-state index is 12.2. The minimum Gasteiger partial charge on any atom is -0.465 e. The third kappa shape index (κ3) is 4.85. The van der Waals surface area contributed by atoms with E-state index in [9.17, 15) is 14.4 Å². The number of thiazole rings is 1. The molecule has 2 aromatic carbocycles. The molecule has 0 bridgehead atoms. The number of aromatic nitrogens is 1. The van der Waals surface area contributed by atoms with Crippen LogP contribution in [0.15, 0.2) is 60.0 Å². The Kier molecular flexibility index (Phi) is 6.36. The molecule has 0 aliphatic rings. The fraction of sp³-hybridized carbons (Fsp3) is 0.143. The van der Waals surface area contributed by atoms with E-state index in [2.05, 4.69) is 9.72 Å². The smallest absolute Gasteiger partial charge is 0.338 e. The Balaban J connectivity index is 1.66. The Hall–Kier alpha value is -3.52. The van der Waals surface area contributed by atoms with Crippen molar-refractivity contribution in [2.45, 2.75) is 13.5 Å². The number of ether oxygens (including phenoxy) is 2. The van der Waals surface area contributed by atoms with Crippen molar-refractivity contribution < 1.29 is 23.9 Å². The van der Waals surface area contributed by atoms with E-state index in [0.29, 0.717) is 27.6 Å². The second-order valence-corrected chi connectivity index (χ2v) is 6.79. The number of carbonyl (C=O) groups excluding carboxylic acids is 3. The first-order valence-corrected chi connectivity index (χ1v) is 9.53. The molecule has 1 aromatic heterocycles. The predicted molar refractivity (Wildman–Crippen MR) is 108 cm³/mol. The summed E-state index contributed by atoms with van der Waals surface area (Å²) in [7, 11) is 1.29. The van der Waals surface area contributed by atoms with Gasteiger partial charge in [-0.05, 0) is 36.4 Å². The van der Waals surface area contributed by atoms with Gasteiger partial charge < -0.3 is 9.47 Å². The van der Waals surface area contributed by atoms with Gasteiger partial charge >= 0.3 is 11.9 Å². The number of hydrogen-bond donors (Lipinski definition) is 0. The van der Waals surface area contributed by atoms with Crippen LogP contribution in [-0.2, 0) is 20.9 Å². The molecule has 0 unspecified atom stereocenters. The van der Waals surface area contributed by atoms with Crippen molar-refractivity contribution in [2.75, 3.05) is 12.0 Å². The van der Waals surface area contributed by atoms with Crippen LogP contribution < -0.4 is 4.90 Å². The number of benzene rings is 2. The monoisotopic (exact) mass is 410 g/mol. The normalized spacial score (nSPS) is 10.3. The van der Waals surface area contributed by atoms with Crippen LogP contribution in [0, 0.1) is 0 Å². The van der Waals surface area contributed by atoms with Gasteiger partial charge in [0.1, 0.15) is 6.61 Å². The number of hydrogen-bond acceptors (Lipinski definition) is 7. The molecule has 0 saturated heterocycles. The maximum Gasteiger partial charge on any atom is 0.338 e. The first-order valence-electron chi connectivity index (χ1n) is 8.65. The van der Waals surface area contributed by atoms with Crippen LogP contribution >= 0.6 is 11.3 Å². The molecule has 8 heteroatoms. The van der Waals surface area contributed by atoms with Crippen LogP contribution in [0.1, 0.15) is 33.3 Å². The number of esters is 2. The van der Waals surface area contributed by atoms with Crippen molar-refractivity contribution in [1.29, 1.82) is 0 Å². The molecule has 0 radical (unpaired) electrons. The van der Waals surface area contributed by atoms with E-state index in [1.54, 1.807) is 5.38 Å². The van der Waals surface area contributed by atoms with Crippen LogP contribution in [-0.4, -0.2) is 29.9 Å². The van der Waals surface area contributed by atoms with Crippen molar-refractivity contribution in [3.05, 3.63) is 76.8 Å². The lowest BCUT2D eigenvalue weighted by molar-refractivity contribution is -0.115. The minimum atomic E-state index is -0.539. The van der Waals surface area contributed by atoms with Crippen LogP contribution in [0.2, 0.25) is 0 Å². The summed E-state index contributed by atoms with van der Waals surface area (Å²) < 4.78 is 9.91. The topological polar surface area (TPSA) is 85.8 Å². The molecule has 7 nitrogen and oxygen atoms in total. The van der Waals surface area contributed by atoms with Gasteiger partial charge in [0.25, 0.3) is 0 Å². The summed E-state index contributed by atoms with van der Waals surface area (Å²) >= 11 is 1.29. The molecule has 1 amide bonds. The quantitative estimate of drug-likeness (QED) is 0.572. The number of para-hydroxylation sites is 1. The summed E-state index contributed by atoms with van der Waals surface area (Å²) in [6, 6.07) is 15.2. The molecule has 0 saturated carbocycles. The Morgan fingerprint density at radius 2 is 1.59 bits per heavy atom. The van der Waals surface area contributed by atoms with E-state index in [1.165, 1.54) is 54.5 Å². The molecule has 0 aliphatic carbocycles. The summed E-state index contributed by atoms with van der Waals surface area (Å²) in [5, 5.41) is 2.24. The number of carbonyl (C=O) groups is 3. The lowest BCUT2D eigenvalue weighted by Crippen LogP contribution is -2.22. The van der Waals surface area contributed by atoms with Gasteiger partial charge in [-0.2, -0.15) is 0 Å². The van der Waals surface area contributed by atoms with E-state index >= 15 is 0 Å². The molecule has 3 rings (SSSR count). The molecule has 0 fully saturated rings. The first kappa shape index (κ1) is 20.2. The Bertz CT molecular complexity index is 1020. The number of anilines is 2. The van der Waals surface area contributed by atoms with Crippen molar-refractivity contribution in [3.8, 4) is 0 Å². The summed E-state index contributed by atoms with van der Waals surface area (Å²) in [4.78, 5) is 41.6. The van der Waals surface area contributed by atoms with Gasteiger partial charge in [-0.15, -0.1) is 11.3 Å². The molecule has 0 N–H and O–H groups in total. The Morgan fingerprint density at radius 1 is 0.966 bits per heavy atom. The molecule has 148 valence electrons. The zero-order valence-electron chi connectivity index (χ0n) is 15.8. The zero-order valence-corrected chi connectivity index (χ0v) is 16.6. The van der Waals surface area contributed by atoms with Gasteiger partial charge in [0.2, 0.25) is 5.91 Å². The average molecular weight is 410 g/mol. The lowest BCUT2D eigenvalue weighted by Gasteiger charge is -2.17. The van der Waals surface area contributed by atoms with E-state index in [-0.39, 0.29) is 12.5 Å². The molecular formula is C21H18N2O5S. The summed E-state index contributed by atoms with van der Waals surface area (Å²) in [6.07, 6.45) is 0. The highest BCUT2D eigenvalue weighted by Gasteiger charge is 2.18. The average Bonchev–Trinajstić information content (AvgIpc) is 3.20. The second-order valence-electron chi connectivity index (χ2n) is 5.96. The van der Waals surface area contributed by atoms with Crippen molar-refractivity contribution >= 4 is 40.0 Å². The van der Waals surface area contributed by atoms with Gasteiger partial charge in [0.05, 0.1) is 29.6 Å². The number of amides is 1. The summed E-state index contributed by atoms with van der Waals surface area (Å²) in [6.45, 7) is 1.43. The standard InChI is InChI=1S/C21H18N2O5S/c1-14(24)23(18-6-4-3-5-7-18)21-22-17(13-29-21)12-28-20(26)16-10-8-15(9-11-16)19(25)27-2/h3-11,13H,12H2,1-2H3. The van der Waals surface area contributed by atoms with E-state index in [0.717, 1.165) is 0 Å². The van der Waals surface area contributed by atoms with E-state index in [1.807, 2.05) is 30.3 Å². The second kappa shape index (κ2) is 9.11. The molecule has 3 aromatic rings. The van der Waals surface area contributed by atoms with Gasteiger partial charge in [-0.25, -0.2) is 14.6 Å². The maximum absolute atomic E-state index is 12.2. The number of nitrogens with zero attached hydrogens (tertiary/aromatic N) is 2. The summed E-state index contributed by atoms with van der Waals surface area (Å²) in [5.41, 5.74) is 1.90. The molecule has 0 spiro atoms. The molecule has 29 heavy (non-hydrogen) atoms. The van der Waals surface area contributed by atoms with Crippen LogP contribution in [0.5, 0.6) is 0 Å². The van der Waals surface area contributed by atoms with Gasteiger partial charge in [0, 0.05) is 12.3 Å².